The lowest BCUT2D eigenvalue weighted by Crippen LogP contribution is -2.62. The second-order valence-electron chi connectivity index (χ2n) is 6.70. The Kier molecular flexibility index (Phi) is 2.37. The van der Waals surface area contributed by atoms with Crippen LogP contribution in [-0.2, 0) is 0 Å². The van der Waals surface area contributed by atoms with Crippen molar-refractivity contribution in [2.75, 3.05) is 18.0 Å². The first-order valence-electron chi connectivity index (χ1n) is 7.78. The van der Waals surface area contributed by atoms with Gasteiger partial charge in [-0.05, 0) is 36.5 Å². The van der Waals surface area contributed by atoms with Gasteiger partial charge in [0.05, 0.1) is 0 Å². The largest absolute Gasteiger partial charge is 0.354 e. The van der Waals surface area contributed by atoms with Gasteiger partial charge in [-0.25, -0.2) is 0 Å². The molecule has 3 heterocycles. The Bertz CT molecular complexity index is 811. The maximum absolute atomic E-state index is 4.58. The molecule has 5 heteroatoms. The molecular formula is C17H17N5. The summed E-state index contributed by atoms with van der Waals surface area (Å²) in [7, 11) is 0. The molecule has 0 unspecified atom stereocenters. The monoisotopic (exact) mass is 291 g/mol. The molecule has 0 radical (unpaired) electrons. The molecule has 110 valence electrons. The molecule has 0 N–H and O–H groups in total. The fourth-order valence-corrected chi connectivity index (χ4v) is 4.02. The number of anilines is 1. The van der Waals surface area contributed by atoms with Gasteiger partial charge in [-0.3, -0.25) is 0 Å². The van der Waals surface area contributed by atoms with E-state index < -0.39 is 0 Å². The maximum atomic E-state index is 4.58. The van der Waals surface area contributed by atoms with Crippen LogP contribution >= 0.6 is 0 Å². The summed E-state index contributed by atoms with van der Waals surface area (Å²) < 4.78 is 1.74. The summed E-state index contributed by atoms with van der Waals surface area (Å²) >= 11 is 0. The Balaban J connectivity index is 1.27. The minimum Gasteiger partial charge on any atom is -0.354 e. The molecule has 1 aliphatic carbocycles. The molecule has 2 aliphatic rings. The topological polar surface area (TPSA) is 46.3 Å². The highest BCUT2D eigenvalue weighted by Crippen LogP contribution is 2.56. The lowest BCUT2D eigenvalue weighted by molar-refractivity contribution is 0.0625. The average molecular weight is 291 g/mol. The number of hydrogen-bond acceptors (Lipinski definition) is 4. The van der Waals surface area contributed by atoms with Crippen molar-refractivity contribution in [3.63, 3.8) is 0 Å². The molecule has 5 rings (SSSR count). The SMILES string of the molecule is c1ccc(C2CC3(C2)CN(c2ccc4nncn4n2)C3)cc1. The molecule has 3 aromatic rings. The highest BCUT2D eigenvalue weighted by atomic mass is 15.4. The van der Waals surface area contributed by atoms with Gasteiger partial charge in [0.25, 0.3) is 0 Å². The van der Waals surface area contributed by atoms with Crippen LogP contribution in [0.5, 0.6) is 0 Å². The number of fused-ring (bicyclic) bond motifs is 1. The second-order valence-corrected chi connectivity index (χ2v) is 6.70. The number of benzene rings is 1. The van der Waals surface area contributed by atoms with Gasteiger partial charge in [0.1, 0.15) is 12.1 Å². The zero-order valence-electron chi connectivity index (χ0n) is 12.3. The van der Waals surface area contributed by atoms with Gasteiger partial charge in [0, 0.05) is 18.5 Å². The Labute approximate surface area is 128 Å². The van der Waals surface area contributed by atoms with Crippen molar-refractivity contribution >= 4 is 11.5 Å². The van der Waals surface area contributed by atoms with E-state index in [9.17, 15) is 0 Å². The summed E-state index contributed by atoms with van der Waals surface area (Å²) in [5.41, 5.74) is 2.81. The standard InChI is InChI=1S/C17H17N5/c1-2-4-13(5-3-1)14-8-17(9-14)10-21(11-17)16-7-6-15-19-18-12-22(15)20-16/h1-7,12,14H,8-11H2. The zero-order valence-corrected chi connectivity index (χ0v) is 12.3. The van der Waals surface area contributed by atoms with Gasteiger partial charge < -0.3 is 4.90 Å². The molecule has 0 bridgehead atoms. The van der Waals surface area contributed by atoms with Gasteiger partial charge in [0.15, 0.2) is 5.65 Å². The summed E-state index contributed by atoms with van der Waals surface area (Å²) in [6, 6.07) is 14.9. The van der Waals surface area contributed by atoms with Gasteiger partial charge >= 0.3 is 0 Å². The summed E-state index contributed by atoms with van der Waals surface area (Å²) in [6.07, 6.45) is 4.27. The van der Waals surface area contributed by atoms with Crippen molar-refractivity contribution < 1.29 is 0 Å². The van der Waals surface area contributed by atoms with Crippen molar-refractivity contribution in [3.8, 4) is 0 Å². The predicted molar refractivity (Wildman–Crippen MR) is 83.8 cm³/mol. The quantitative estimate of drug-likeness (QED) is 0.728. The number of aromatic nitrogens is 4. The molecule has 0 atom stereocenters. The number of rotatable bonds is 2. The van der Waals surface area contributed by atoms with E-state index in [1.165, 1.54) is 18.4 Å². The number of hydrogen-bond donors (Lipinski definition) is 0. The van der Waals surface area contributed by atoms with E-state index in [1.807, 2.05) is 12.1 Å². The van der Waals surface area contributed by atoms with Crippen LogP contribution in [0.3, 0.4) is 0 Å². The Hall–Kier alpha value is -2.43. The van der Waals surface area contributed by atoms with E-state index in [-0.39, 0.29) is 0 Å². The van der Waals surface area contributed by atoms with Gasteiger partial charge in [-0.2, -0.15) is 4.52 Å². The van der Waals surface area contributed by atoms with Crippen LogP contribution in [0.1, 0.15) is 24.3 Å². The zero-order chi connectivity index (χ0) is 14.6. The minimum atomic E-state index is 0.518. The van der Waals surface area contributed by atoms with Crippen LogP contribution in [0.25, 0.3) is 5.65 Å². The fourth-order valence-electron chi connectivity index (χ4n) is 4.02. The van der Waals surface area contributed by atoms with Crippen LogP contribution in [0.2, 0.25) is 0 Å². The molecule has 2 aromatic heterocycles. The first kappa shape index (κ1) is 12.1. The van der Waals surface area contributed by atoms with Gasteiger partial charge in [-0.15, -0.1) is 15.3 Å². The molecule has 1 saturated heterocycles. The third kappa shape index (κ3) is 1.75. The number of nitrogens with zero attached hydrogens (tertiary/aromatic N) is 5. The van der Waals surface area contributed by atoms with E-state index in [4.69, 9.17) is 0 Å². The molecule has 1 saturated carbocycles. The van der Waals surface area contributed by atoms with Crippen molar-refractivity contribution in [1.82, 2.24) is 19.8 Å². The maximum Gasteiger partial charge on any atom is 0.177 e. The lowest BCUT2D eigenvalue weighted by atomic mass is 9.56. The highest BCUT2D eigenvalue weighted by Gasteiger charge is 2.52. The summed E-state index contributed by atoms with van der Waals surface area (Å²) in [5.74, 6) is 1.78. The third-order valence-electron chi connectivity index (χ3n) is 5.15. The molecular weight excluding hydrogens is 274 g/mol. The normalized spacial score (nSPS) is 20.1. The smallest absolute Gasteiger partial charge is 0.177 e. The van der Waals surface area contributed by atoms with Crippen LogP contribution in [0, 0.1) is 5.41 Å². The van der Waals surface area contributed by atoms with Crippen LogP contribution < -0.4 is 4.90 Å². The molecule has 1 aromatic carbocycles. The molecule has 1 spiro atoms. The van der Waals surface area contributed by atoms with Crippen LogP contribution in [-0.4, -0.2) is 32.9 Å². The first-order valence-corrected chi connectivity index (χ1v) is 7.78. The fraction of sp³-hybridized carbons (Fsp3) is 0.353. The van der Waals surface area contributed by atoms with Crippen LogP contribution in [0.4, 0.5) is 5.82 Å². The highest BCUT2D eigenvalue weighted by molar-refractivity contribution is 5.48. The van der Waals surface area contributed by atoms with E-state index >= 15 is 0 Å². The Morgan fingerprint density at radius 2 is 1.82 bits per heavy atom. The summed E-state index contributed by atoms with van der Waals surface area (Å²) in [6.45, 7) is 2.24. The summed E-state index contributed by atoms with van der Waals surface area (Å²) in [4.78, 5) is 2.36. The van der Waals surface area contributed by atoms with Crippen molar-refractivity contribution in [2.45, 2.75) is 18.8 Å². The van der Waals surface area contributed by atoms with E-state index in [1.54, 1.807) is 10.8 Å². The molecule has 0 amide bonds. The third-order valence-corrected chi connectivity index (χ3v) is 5.15. The van der Waals surface area contributed by atoms with E-state index in [2.05, 4.69) is 50.5 Å². The van der Waals surface area contributed by atoms with Gasteiger partial charge in [-0.1, -0.05) is 30.3 Å². The molecule has 2 fully saturated rings. The predicted octanol–water partition coefficient (Wildman–Crippen LogP) is 2.51. The Morgan fingerprint density at radius 1 is 1.00 bits per heavy atom. The van der Waals surface area contributed by atoms with Crippen molar-refractivity contribution in [3.05, 3.63) is 54.4 Å². The van der Waals surface area contributed by atoms with Crippen molar-refractivity contribution in [1.29, 1.82) is 0 Å². The molecule has 5 nitrogen and oxygen atoms in total. The van der Waals surface area contributed by atoms with E-state index in [0.717, 1.165) is 30.5 Å². The van der Waals surface area contributed by atoms with Gasteiger partial charge in [0.2, 0.25) is 0 Å². The average Bonchev–Trinajstić information content (AvgIpc) is 2.93. The first-order chi connectivity index (χ1) is 10.8. The minimum absolute atomic E-state index is 0.518. The summed E-state index contributed by atoms with van der Waals surface area (Å²) in [5, 5.41) is 12.4. The van der Waals surface area contributed by atoms with Crippen LogP contribution in [0.15, 0.2) is 48.8 Å². The van der Waals surface area contributed by atoms with E-state index in [0.29, 0.717) is 5.41 Å². The Morgan fingerprint density at radius 3 is 2.64 bits per heavy atom. The lowest BCUT2D eigenvalue weighted by Gasteiger charge is -2.59. The second kappa shape index (κ2) is 4.29. The molecule has 22 heavy (non-hydrogen) atoms. The molecule has 1 aliphatic heterocycles. The van der Waals surface area contributed by atoms with Crippen molar-refractivity contribution in [2.24, 2.45) is 5.41 Å².